The molecule has 0 saturated carbocycles. The Kier molecular flexibility index (Phi) is 4.52. The lowest BCUT2D eigenvalue weighted by molar-refractivity contribution is -0.142. The molecule has 0 spiro atoms. The van der Waals surface area contributed by atoms with Gasteiger partial charge in [-0.15, -0.1) is 0 Å². The van der Waals surface area contributed by atoms with E-state index in [0.29, 0.717) is 12.3 Å². The number of nitrogens with zero attached hydrogens (tertiary/aromatic N) is 2. The lowest BCUT2D eigenvalue weighted by atomic mass is 10.1. The summed E-state index contributed by atoms with van der Waals surface area (Å²) in [6, 6.07) is 5.68. The molecular formula is C17H22N2O4. The zero-order valence-electron chi connectivity index (χ0n) is 13.3. The van der Waals surface area contributed by atoms with Crippen LogP contribution in [0.2, 0.25) is 0 Å². The molecule has 1 aromatic rings. The molecule has 1 fully saturated rings. The van der Waals surface area contributed by atoms with Crippen molar-refractivity contribution in [1.29, 1.82) is 0 Å². The highest BCUT2D eigenvalue weighted by molar-refractivity contribution is 6.01. The molecule has 0 aromatic heterocycles. The third-order valence-electron chi connectivity index (χ3n) is 4.42. The lowest BCUT2D eigenvalue weighted by Crippen LogP contribution is -2.49. The van der Waals surface area contributed by atoms with Crippen molar-refractivity contribution in [1.82, 2.24) is 4.90 Å². The average molecular weight is 318 g/mol. The number of fused-ring (bicyclic) bond motifs is 1. The molecule has 0 bridgehead atoms. The van der Waals surface area contributed by atoms with Gasteiger partial charge in [0.2, 0.25) is 0 Å². The summed E-state index contributed by atoms with van der Waals surface area (Å²) in [6.45, 7) is 5.45. The van der Waals surface area contributed by atoms with E-state index < -0.39 is 12.1 Å². The van der Waals surface area contributed by atoms with Gasteiger partial charge in [0, 0.05) is 13.1 Å². The van der Waals surface area contributed by atoms with E-state index in [2.05, 4.69) is 4.90 Å². The Morgan fingerprint density at radius 2 is 2.04 bits per heavy atom. The van der Waals surface area contributed by atoms with Gasteiger partial charge in [-0.1, -0.05) is 6.07 Å². The third-order valence-corrected chi connectivity index (χ3v) is 4.42. The lowest BCUT2D eigenvalue weighted by Gasteiger charge is -2.35. The second-order valence-electron chi connectivity index (χ2n) is 6.21. The van der Waals surface area contributed by atoms with Gasteiger partial charge in [-0.05, 0) is 50.6 Å². The molecule has 6 nitrogen and oxygen atoms in total. The molecule has 1 unspecified atom stereocenters. The summed E-state index contributed by atoms with van der Waals surface area (Å²) in [5, 5.41) is 9.02. The van der Waals surface area contributed by atoms with Crippen LogP contribution in [-0.2, 0) is 9.59 Å². The van der Waals surface area contributed by atoms with Gasteiger partial charge in [0.25, 0.3) is 5.91 Å². The van der Waals surface area contributed by atoms with Gasteiger partial charge in [-0.3, -0.25) is 9.59 Å². The molecule has 124 valence electrons. The highest BCUT2D eigenvalue weighted by atomic mass is 16.5. The number of rotatable bonds is 5. The SMILES string of the molecule is Cc1ccc2c(c1)OC(CC(=O)O)C(=O)N2CCN1CCCC1. The van der Waals surface area contributed by atoms with Gasteiger partial charge in [0.15, 0.2) is 6.10 Å². The fourth-order valence-corrected chi connectivity index (χ4v) is 3.20. The fraction of sp³-hybridized carbons (Fsp3) is 0.529. The smallest absolute Gasteiger partial charge is 0.307 e. The minimum atomic E-state index is -1.03. The molecule has 1 aromatic carbocycles. The molecule has 3 rings (SSSR count). The maximum absolute atomic E-state index is 12.6. The van der Waals surface area contributed by atoms with Crippen molar-refractivity contribution in [3.63, 3.8) is 0 Å². The number of likely N-dealkylation sites (tertiary alicyclic amines) is 1. The number of benzene rings is 1. The summed E-state index contributed by atoms with van der Waals surface area (Å²) in [7, 11) is 0. The van der Waals surface area contributed by atoms with Crippen LogP contribution in [0.25, 0.3) is 0 Å². The van der Waals surface area contributed by atoms with E-state index in [1.54, 1.807) is 4.90 Å². The second kappa shape index (κ2) is 6.58. The number of ether oxygens (including phenoxy) is 1. The van der Waals surface area contributed by atoms with Crippen molar-refractivity contribution in [2.75, 3.05) is 31.1 Å². The summed E-state index contributed by atoms with van der Waals surface area (Å²) in [4.78, 5) is 27.7. The van der Waals surface area contributed by atoms with Crippen molar-refractivity contribution in [2.24, 2.45) is 0 Å². The number of carboxylic acid groups (broad SMARTS) is 1. The predicted octanol–water partition coefficient (Wildman–Crippen LogP) is 1.66. The molecule has 2 aliphatic heterocycles. The number of carbonyl (C=O) groups is 2. The van der Waals surface area contributed by atoms with Gasteiger partial charge in [-0.2, -0.15) is 0 Å². The Hall–Kier alpha value is -2.08. The van der Waals surface area contributed by atoms with Crippen molar-refractivity contribution in [3.8, 4) is 5.75 Å². The molecule has 6 heteroatoms. The molecule has 1 N–H and O–H groups in total. The molecule has 0 radical (unpaired) electrons. The van der Waals surface area contributed by atoms with Crippen LogP contribution in [-0.4, -0.2) is 54.2 Å². The summed E-state index contributed by atoms with van der Waals surface area (Å²) in [5.41, 5.74) is 1.76. The number of amides is 1. The number of carboxylic acids is 1. The van der Waals surface area contributed by atoms with Crippen molar-refractivity contribution >= 4 is 17.6 Å². The first-order valence-electron chi connectivity index (χ1n) is 8.07. The Labute approximate surface area is 135 Å². The van der Waals surface area contributed by atoms with Gasteiger partial charge in [-0.25, -0.2) is 0 Å². The molecule has 1 saturated heterocycles. The Balaban J connectivity index is 1.82. The van der Waals surface area contributed by atoms with Crippen LogP contribution in [0.15, 0.2) is 18.2 Å². The predicted molar refractivity (Wildman–Crippen MR) is 85.9 cm³/mol. The monoisotopic (exact) mass is 318 g/mol. The summed E-state index contributed by atoms with van der Waals surface area (Å²) >= 11 is 0. The van der Waals surface area contributed by atoms with Crippen LogP contribution < -0.4 is 9.64 Å². The number of carbonyl (C=O) groups excluding carboxylic acids is 1. The molecule has 23 heavy (non-hydrogen) atoms. The van der Waals surface area contributed by atoms with Crippen molar-refractivity contribution in [2.45, 2.75) is 32.3 Å². The first-order chi connectivity index (χ1) is 11.0. The summed E-state index contributed by atoms with van der Waals surface area (Å²) in [5.74, 6) is -0.695. The van der Waals surface area contributed by atoms with E-state index in [4.69, 9.17) is 9.84 Å². The first-order valence-corrected chi connectivity index (χ1v) is 8.07. The highest BCUT2D eigenvalue weighted by Crippen LogP contribution is 2.35. The van der Waals surface area contributed by atoms with E-state index in [0.717, 1.165) is 30.9 Å². The summed E-state index contributed by atoms with van der Waals surface area (Å²) in [6.07, 6.45) is 1.15. The molecule has 0 aliphatic carbocycles. The number of aryl methyl sites for hydroxylation is 1. The quantitative estimate of drug-likeness (QED) is 0.894. The number of anilines is 1. The molecule has 2 heterocycles. The summed E-state index contributed by atoms with van der Waals surface area (Å²) < 4.78 is 5.65. The minimum absolute atomic E-state index is 0.261. The highest BCUT2D eigenvalue weighted by Gasteiger charge is 2.35. The standard InChI is InChI=1S/C17H22N2O4/c1-12-4-5-13-14(10-12)23-15(11-16(20)21)17(22)19(13)9-8-18-6-2-3-7-18/h4-5,10,15H,2-3,6-9,11H2,1H3,(H,20,21). The van der Waals surface area contributed by atoms with E-state index in [1.165, 1.54) is 12.8 Å². The van der Waals surface area contributed by atoms with E-state index in [9.17, 15) is 9.59 Å². The van der Waals surface area contributed by atoms with Gasteiger partial charge < -0.3 is 19.6 Å². The van der Waals surface area contributed by atoms with Crippen LogP contribution >= 0.6 is 0 Å². The first kappa shape index (κ1) is 15.8. The van der Waals surface area contributed by atoms with E-state index >= 15 is 0 Å². The topological polar surface area (TPSA) is 70.1 Å². The Bertz CT molecular complexity index is 611. The molecule has 1 atom stereocenters. The number of aliphatic carboxylic acids is 1. The van der Waals surface area contributed by atoms with Crippen LogP contribution in [0.3, 0.4) is 0 Å². The Morgan fingerprint density at radius 1 is 1.30 bits per heavy atom. The fourth-order valence-electron chi connectivity index (χ4n) is 3.20. The van der Waals surface area contributed by atoms with E-state index in [1.807, 2.05) is 25.1 Å². The second-order valence-corrected chi connectivity index (χ2v) is 6.21. The number of hydrogen-bond donors (Lipinski definition) is 1. The molecule has 2 aliphatic rings. The normalized spacial score (nSPS) is 21.2. The Morgan fingerprint density at radius 3 is 2.74 bits per heavy atom. The average Bonchev–Trinajstić information content (AvgIpc) is 3.00. The zero-order chi connectivity index (χ0) is 16.4. The van der Waals surface area contributed by atoms with Gasteiger partial charge >= 0.3 is 5.97 Å². The van der Waals surface area contributed by atoms with Gasteiger partial charge in [0.05, 0.1) is 12.1 Å². The van der Waals surface area contributed by atoms with Crippen LogP contribution in [0.5, 0.6) is 5.75 Å². The van der Waals surface area contributed by atoms with Gasteiger partial charge in [0.1, 0.15) is 5.75 Å². The molecule has 1 amide bonds. The van der Waals surface area contributed by atoms with Crippen LogP contribution in [0.1, 0.15) is 24.8 Å². The zero-order valence-corrected chi connectivity index (χ0v) is 13.3. The van der Waals surface area contributed by atoms with Crippen LogP contribution in [0, 0.1) is 6.92 Å². The minimum Gasteiger partial charge on any atom is -0.481 e. The maximum atomic E-state index is 12.6. The number of hydrogen-bond acceptors (Lipinski definition) is 4. The maximum Gasteiger partial charge on any atom is 0.307 e. The van der Waals surface area contributed by atoms with Crippen molar-refractivity contribution in [3.05, 3.63) is 23.8 Å². The van der Waals surface area contributed by atoms with Crippen LogP contribution in [0.4, 0.5) is 5.69 Å². The largest absolute Gasteiger partial charge is 0.481 e. The van der Waals surface area contributed by atoms with Crippen molar-refractivity contribution < 1.29 is 19.4 Å². The third kappa shape index (κ3) is 3.47. The molecular weight excluding hydrogens is 296 g/mol. The van der Waals surface area contributed by atoms with E-state index in [-0.39, 0.29) is 12.3 Å².